The number of allylic oxidation sites excluding steroid dienone is 5. The molecule has 1 aliphatic rings. The fourth-order valence-corrected chi connectivity index (χ4v) is 2.94. The van der Waals surface area contributed by atoms with Crippen LogP contribution in [0.5, 0.6) is 5.75 Å². The highest BCUT2D eigenvalue weighted by Gasteiger charge is 2.26. The minimum atomic E-state index is 0.0432. The summed E-state index contributed by atoms with van der Waals surface area (Å²) in [5.74, 6) is 0.866. The maximum atomic E-state index is 9.12. The predicted octanol–water partition coefficient (Wildman–Crippen LogP) is 5.19. The van der Waals surface area contributed by atoms with E-state index in [4.69, 9.17) is 15.3 Å². The standard InChI is InChI=1S/C21H22N2O/c1-4-24-20-9-7-16(8-10-20)5-6-17-11-18(19(14-22)15-23)13-21(2,3)12-17/h5-11H,4,12-13H2,1-3H3/b6-5+. The second-order valence-corrected chi connectivity index (χ2v) is 6.70. The van der Waals surface area contributed by atoms with Crippen LogP contribution in [0.2, 0.25) is 0 Å². The van der Waals surface area contributed by atoms with Crippen molar-refractivity contribution in [2.75, 3.05) is 6.61 Å². The molecule has 3 heteroatoms. The third-order valence-electron chi connectivity index (χ3n) is 3.94. The van der Waals surface area contributed by atoms with E-state index in [2.05, 4.69) is 26.0 Å². The zero-order valence-electron chi connectivity index (χ0n) is 14.5. The van der Waals surface area contributed by atoms with Crippen molar-refractivity contribution < 1.29 is 4.74 Å². The van der Waals surface area contributed by atoms with Crippen molar-refractivity contribution in [2.24, 2.45) is 5.41 Å². The number of rotatable bonds is 4. The summed E-state index contributed by atoms with van der Waals surface area (Å²) >= 11 is 0. The number of hydrogen-bond donors (Lipinski definition) is 0. The summed E-state index contributed by atoms with van der Waals surface area (Å²) in [6.07, 6.45) is 7.79. The van der Waals surface area contributed by atoms with E-state index < -0.39 is 0 Å². The maximum absolute atomic E-state index is 9.12. The van der Waals surface area contributed by atoms with Crippen molar-refractivity contribution in [3.8, 4) is 17.9 Å². The van der Waals surface area contributed by atoms with Crippen LogP contribution in [-0.2, 0) is 0 Å². The summed E-state index contributed by atoms with van der Waals surface area (Å²) in [7, 11) is 0. The van der Waals surface area contributed by atoms with Crippen molar-refractivity contribution in [3.63, 3.8) is 0 Å². The summed E-state index contributed by atoms with van der Waals surface area (Å²) in [5, 5.41) is 18.2. The van der Waals surface area contributed by atoms with Gasteiger partial charge in [-0.05, 0) is 54.0 Å². The van der Waals surface area contributed by atoms with Crippen molar-refractivity contribution in [1.82, 2.24) is 0 Å². The van der Waals surface area contributed by atoms with Crippen LogP contribution in [0.4, 0.5) is 0 Å². The van der Waals surface area contributed by atoms with Gasteiger partial charge < -0.3 is 4.74 Å². The van der Waals surface area contributed by atoms with Gasteiger partial charge in [0, 0.05) is 0 Å². The average Bonchev–Trinajstić information content (AvgIpc) is 2.54. The molecule has 0 radical (unpaired) electrons. The van der Waals surface area contributed by atoms with Crippen LogP contribution < -0.4 is 4.74 Å². The fraction of sp³-hybridized carbons (Fsp3) is 0.333. The summed E-state index contributed by atoms with van der Waals surface area (Å²) in [6, 6.07) is 12.0. The Balaban J connectivity index is 2.25. The first-order chi connectivity index (χ1) is 11.5. The van der Waals surface area contributed by atoms with Crippen LogP contribution in [0.25, 0.3) is 6.08 Å². The molecule has 0 heterocycles. The molecule has 1 aromatic rings. The van der Waals surface area contributed by atoms with E-state index in [0.717, 1.165) is 35.3 Å². The number of hydrogen-bond acceptors (Lipinski definition) is 3. The van der Waals surface area contributed by atoms with Gasteiger partial charge in [-0.15, -0.1) is 0 Å². The summed E-state index contributed by atoms with van der Waals surface area (Å²) in [6.45, 7) is 6.95. The molecule has 0 bridgehead atoms. The molecule has 1 aromatic carbocycles. The Hall–Kier alpha value is -2.78. The summed E-state index contributed by atoms with van der Waals surface area (Å²) in [5.41, 5.74) is 3.33. The molecule has 0 amide bonds. The average molecular weight is 318 g/mol. The normalized spacial score (nSPS) is 16.2. The first-order valence-corrected chi connectivity index (χ1v) is 8.12. The molecular formula is C21H22N2O. The van der Waals surface area contributed by atoms with Crippen molar-refractivity contribution in [2.45, 2.75) is 33.6 Å². The van der Waals surface area contributed by atoms with Crippen molar-refractivity contribution in [1.29, 1.82) is 10.5 Å². The molecule has 0 N–H and O–H groups in total. The smallest absolute Gasteiger partial charge is 0.132 e. The third-order valence-corrected chi connectivity index (χ3v) is 3.94. The topological polar surface area (TPSA) is 56.8 Å². The highest BCUT2D eigenvalue weighted by atomic mass is 16.5. The Bertz CT molecular complexity index is 750. The summed E-state index contributed by atoms with van der Waals surface area (Å²) < 4.78 is 5.44. The van der Waals surface area contributed by atoms with E-state index >= 15 is 0 Å². The van der Waals surface area contributed by atoms with Gasteiger partial charge in [-0.3, -0.25) is 0 Å². The van der Waals surface area contributed by atoms with Crippen LogP contribution in [-0.4, -0.2) is 6.61 Å². The van der Waals surface area contributed by atoms with Gasteiger partial charge >= 0.3 is 0 Å². The molecule has 0 aliphatic heterocycles. The van der Waals surface area contributed by atoms with Crippen LogP contribution in [0, 0.1) is 28.1 Å². The number of ether oxygens (including phenoxy) is 1. The van der Waals surface area contributed by atoms with E-state index in [1.807, 2.05) is 49.4 Å². The molecule has 0 unspecified atom stereocenters. The molecule has 0 saturated heterocycles. The lowest BCUT2D eigenvalue weighted by molar-refractivity contribution is 0.340. The van der Waals surface area contributed by atoms with Gasteiger partial charge in [0.1, 0.15) is 23.5 Å². The third kappa shape index (κ3) is 4.61. The molecule has 3 nitrogen and oxygen atoms in total. The van der Waals surface area contributed by atoms with E-state index in [1.54, 1.807) is 0 Å². The largest absolute Gasteiger partial charge is 0.494 e. The number of benzene rings is 1. The van der Waals surface area contributed by atoms with E-state index in [1.165, 1.54) is 0 Å². The predicted molar refractivity (Wildman–Crippen MR) is 96.0 cm³/mol. The highest BCUT2D eigenvalue weighted by Crippen LogP contribution is 2.39. The quantitative estimate of drug-likeness (QED) is 0.718. The molecule has 0 fully saturated rings. The van der Waals surface area contributed by atoms with Crippen LogP contribution in [0.3, 0.4) is 0 Å². The minimum Gasteiger partial charge on any atom is -0.494 e. The fourth-order valence-electron chi connectivity index (χ4n) is 2.94. The number of nitriles is 2. The lowest BCUT2D eigenvalue weighted by atomic mass is 9.74. The number of nitrogens with zero attached hydrogens (tertiary/aromatic N) is 2. The molecule has 0 atom stereocenters. The van der Waals surface area contributed by atoms with E-state index in [-0.39, 0.29) is 11.0 Å². The van der Waals surface area contributed by atoms with Gasteiger partial charge in [0.05, 0.1) is 6.61 Å². The van der Waals surface area contributed by atoms with Crippen LogP contribution in [0.15, 0.2) is 53.1 Å². The molecular weight excluding hydrogens is 296 g/mol. The minimum absolute atomic E-state index is 0.0432. The van der Waals surface area contributed by atoms with Crippen molar-refractivity contribution >= 4 is 6.08 Å². The maximum Gasteiger partial charge on any atom is 0.132 e. The molecule has 122 valence electrons. The second-order valence-electron chi connectivity index (χ2n) is 6.70. The van der Waals surface area contributed by atoms with Crippen molar-refractivity contribution in [3.05, 3.63) is 58.7 Å². The molecule has 0 aromatic heterocycles. The lowest BCUT2D eigenvalue weighted by Gasteiger charge is -2.30. The van der Waals surface area contributed by atoms with Gasteiger partial charge in [0.25, 0.3) is 0 Å². The molecule has 24 heavy (non-hydrogen) atoms. The van der Waals surface area contributed by atoms with Gasteiger partial charge in [0.15, 0.2) is 0 Å². The summed E-state index contributed by atoms with van der Waals surface area (Å²) in [4.78, 5) is 0. The van der Waals surface area contributed by atoms with Gasteiger partial charge in [-0.1, -0.05) is 44.2 Å². The second kappa shape index (κ2) is 7.66. The SMILES string of the molecule is CCOc1ccc(/C=C/C2=CC(=C(C#N)C#N)CC(C)(C)C2)cc1. The van der Waals surface area contributed by atoms with Gasteiger partial charge in [-0.25, -0.2) is 0 Å². The van der Waals surface area contributed by atoms with E-state index in [9.17, 15) is 0 Å². The Morgan fingerprint density at radius 3 is 2.38 bits per heavy atom. The van der Waals surface area contributed by atoms with Crippen LogP contribution >= 0.6 is 0 Å². The van der Waals surface area contributed by atoms with Crippen LogP contribution in [0.1, 0.15) is 39.2 Å². The first-order valence-electron chi connectivity index (χ1n) is 8.12. The first kappa shape index (κ1) is 17.6. The molecule has 0 saturated carbocycles. The Morgan fingerprint density at radius 2 is 1.79 bits per heavy atom. The monoisotopic (exact) mass is 318 g/mol. The van der Waals surface area contributed by atoms with Gasteiger partial charge in [0.2, 0.25) is 0 Å². The zero-order chi connectivity index (χ0) is 17.6. The Kier molecular flexibility index (Phi) is 5.61. The lowest BCUT2D eigenvalue weighted by Crippen LogP contribution is -2.17. The van der Waals surface area contributed by atoms with Gasteiger partial charge in [-0.2, -0.15) is 10.5 Å². The zero-order valence-corrected chi connectivity index (χ0v) is 14.5. The molecule has 0 spiro atoms. The van der Waals surface area contributed by atoms with E-state index in [0.29, 0.717) is 6.61 Å². The Labute approximate surface area is 144 Å². The molecule has 1 aliphatic carbocycles. The Morgan fingerprint density at radius 1 is 1.12 bits per heavy atom. The molecule has 2 rings (SSSR count). The highest BCUT2D eigenvalue weighted by molar-refractivity contribution is 5.56.